The third kappa shape index (κ3) is 17.3. The van der Waals surface area contributed by atoms with Gasteiger partial charge in [-0.3, -0.25) is 14.4 Å². The number of allylic oxidation sites excluding steroid dienone is 1. The van der Waals surface area contributed by atoms with Crippen LogP contribution in [0.2, 0.25) is 0 Å². The molecule has 0 saturated heterocycles. The van der Waals surface area contributed by atoms with Crippen molar-refractivity contribution < 1.29 is 4.79 Å². The van der Waals surface area contributed by atoms with Gasteiger partial charge in [0.15, 0.2) is 0 Å². The molecular weight excluding hydrogens is 1140 g/mol. The monoisotopic (exact) mass is 1250 g/mol. The molecule has 93 heavy (non-hydrogen) atoms. The summed E-state index contributed by atoms with van der Waals surface area (Å²) in [6.45, 7) is 39.3. The summed E-state index contributed by atoms with van der Waals surface area (Å²) >= 11 is 0. The molecular formula is C83H109N9O. The predicted octanol–water partition coefficient (Wildman–Crippen LogP) is 20.0. The van der Waals surface area contributed by atoms with Crippen molar-refractivity contribution in [2.24, 2.45) is 21.1 Å². The van der Waals surface area contributed by atoms with Crippen molar-refractivity contribution in [2.45, 2.75) is 171 Å². The van der Waals surface area contributed by atoms with E-state index in [9.17, 15) is 4.79 Å². The molecule has 10 nitrogen and oxygen atoms in total. The van der Waals surface area contributed by atoms with Crippen molar-refractivity contribution in [1.29, 1.82) is 0 Å². The Hall–Kier alpha value is -8.21. The summed E-state index contributed by atoms with van der Waals surface area (Å²) in [5.41, 5.74) is 26.6. The smallest absolute Gasteiger partial charge is 0.254 e. The van der Waals surface area contributed by atoms with E-state index in [1.165, 1.54) is 124 Å². The number of carbonyl (C=O) groups excluding carboxylic acids is 1. The SMILES string of the molecule is C=C1Cc2cc(C(C)C)ccc2N1C.CC(C)c1cc2ccccc2n1C.CC(C)c1ccc2c(c1)CCN2C.CC(C)c1ccc2c(c1)CN(C)C2.CC(C)c1ccc2c(c1)CN(C)C2=O.CC(C)c1ccc2c(c1)ncn2C.CC(C)c1ccc2c(cnn2C)c1. The molecule has 7 heterocycles. The van der Waals surface area contributed by atoms with Crippen LogP contribution >= 0.6 is 0 Å². The van der Waals surface area contributed by atoms with Crippen LogP contribution in [-0.2, 0) is 53.6 Å². The number of anilines is 2. The highest BCUT2D eigenvalue weighted by atomic mass is 16.2. The first-order valence-electron chi connectivity index (χ1n) is 34.0. The van der Waals surface area contributed by atoms with Gasteiger partial charge in [-0.2, -0.15) is 5.10 Å². The van der Waals surface area contributed by atoms with Crippen LogP contribution in [0.1, 0.15) is 216 Å². The number of rotatable bonds is 7. The molecule has 7 aromatic carbocycles. The second kappa shape index (κ2) is 31.1. The lowest BCUT2D eigenvalue weighted by Gasteiger charge is -2.14. The summed E-state index contributed by atoms with van der Waals surface area (Å²) in [5.74, 6) is 4.34. The zero-order valence-electron chi connectivity index (χ0n) is 60.4. The fourth-order valence-corrected chi connectivity index (χ4v) is 12.6. The Kier molecular flexibility index (Phi) is 23.7. The van der Waals surface area contributed by atoms with Gasteiger partial charge in [-0.15, -0.1) is 0 Å². The van der Waals surface area contributed by atoms with Crippen molar-refractivity contribution >= 4 is 50.1 Å². The van der Waals surface area contributed by atoms with Gasteiger partial charge >= 0.3 is 0 Å². The van der Waals surface area contributed by atoms with Crippen molar-refractivity contribution in [3.05, 3.63) is 237 Å². The average molecular weight is 1250 g/mol. The average Bonchev–Trinajstić information content (AvgIpc) is 1.81. The van der Waals surface area contributed by atoms with Gasteiger partial charge in [0.25, 0.3) is 5.91 Å². The van der Waals surface area contributed by atoms with E-state index in [2.05, 4.69) is 295 Å². The number of benzene rings is 7. The number of fused-ring (bicyclic) bond motifs is 7. The molecule has 0 spiro atoms. The van der Waals surface area contributed by atoms with Crippen LogP contribution in [0.25, 0.3) is 32.8 Å². The Labute approximate surface area is 559 Å². The third-order valence-corrected chi connectivity index (χ3v) is 18.9. The first-order valence-corrected chi connectivity index (χ1v) is 34.0. The summed E-state index contributed by atoms with van der Waals surface area (Å²) in [5, 5.41) is 6.78. The van der Waals surface area contributed by atoms with Crippen LogP contribution in [-0.4, -0.2) is 74.3 Å². The largest absolute Gasteiger partial charge is 0.374 e. The Morgan fingerprint density at radius 2 is 0.957 bits per heavy atom. The number of aryl methyl sites for hydroxylation is 3. The maximum Gasteiger partial charge on any atom is 0.254 e. The van der Waals surface area contributed by atoms with E-state index in [0.29, 0.717) is 41.4 Å². The molecule has 1 amide bonds. The molecule has 0 N–H and O–H groups in total. The highest BCUT2D eigenvalue weighted by Gasteiger charge is 2.25. The summed E-state index contributed by atoms with van der Waals surface area (Å²) in [6.07, 6.45) is 5.99. The lowest BCUT2D eigenvalue weighted by atomic mass is 9.98. The van der Waals surface area contributed by atoms with E-state index < -0.39 is 0 Å². The standard InChI is InChI=1S/C13H17N.C12H15NO.2C12H17N.C12H15N.2C11H14N2/c1-9(2)11-5-6-13-12(8-11)7-10(3)14(13)4;1-8(2)9-4-5-11-10(6-9)7-13(3)12(11)14;1-9(2)10-4-5-11-7-13(3)8-12(11)6-10;1-9(2)10-4-5-12-11(8-10)6-7-13(12)3;1-9(2)12-8-10-6-4-5-7-11(10)13(12)3;1-8(2)9-4-5-11-10(6-9)12-7-13(11)3;1-8(2)9-4-5-11-10(6-9)7-12-13(11)3/h5-6,8-9H,3,7H2,1-2,4H3;4-6,8H,7H2,1-3H3;4-6,9H,7-8H2,1-3H3;4-5,8-9H,6-7H2,1-3H3;4-9H,1-3H3;2*4-8H,1-3H3. The minimum Gasteiger partial charge on any atom is -0.374 e. The molecule has 10 heteroatoms. The second-order valence-electron chi connectivity index (χ2n) is 28.5. The Morgan fingerprint density at radius 3 is 1.57 bits per heavy atom. The molecule has 0 bridgehead atoms. The van der Waals surface area contributed by atoms with E-state index in [4.69, 9.17) is 0 Å². The molecule has 0 fully saturated rings. The van der Waals surface area contributed by atoms with Crippen LogP contribution in [0.4, 0.5) is 11.4 Å². The molecule has 10 aromatic rings. The molecule has 0 atom stereocenters. The highest BCUT2D eigenvalue weighted by Crippen LogP contribution is 2.35. The second-order valence-corrected chi connectivity index (χ2v) is 28.5. The van der Waals surface area contributed by atoms with Crippen molar-refractivity contribution in [3.63, 3.8) is 0 Å². The highest BCUT2D eigenvalue weighted by molar-refractivity contribution is 5.98. The van der Waals surface area contributed by atoms with Crippen LogP contribution in [0.3, 0.4) is 0 Å². The molecule has 0 unspecified atom stereocenters. The van der Waals surface area contributed by atoms with E-state index in [-0.39, 0.29) is 5.91 Å². The zero-order chi connectivity index (χ0) is 67.7. The van der Waals surface area contributed by atoms with Crippen LogP contribution in [0.15, 0.2) is 164 Å². The van der Waals surface area contributed by atoms with E-state index >= 15 is 0 Å². The van der Waals surface area contributed by atoms with Gasteiger partial charge in [0.1, 0.15) is 0 Å². The van der Waals surface area contributed by atoms with E-state index in [1.54, 1.807) is 4.90 Å². The minimum absolute atomic E-state index is 0.148. The van der Waals surface area contributed by atoms with Gasteiger partial charge in [0.05, 0.1) is 29.1 Å². The first-order chi connectivity index (χ1) is 44.1. The van der Waals surface area contributed by atoms with Crippen LogP contribution in [0, 0.1) is 0 Å². The first kappa shape index (κ1) is 70.7. The molecule has 0 radical (unpaired) electrons. The summed E-state index contributed by atoms with van der Waals surface area (Å²) in [7, 11) is 14.4. The Balaban J connectivity index is 0.000000139. The van der Waals surface area contributed by atoms with Gasteiger partial charge in [-0.1, -0.05) is 188 Å². The summed E-state index contributed by atoms with van der Waals surface area (Å²) in [4.78, 5) is 24.6. The maximum atomic E-state index is 11.6. The lowest BCUT2D eigenvalue weighted by molar-refractivity contribution is 0.0816. The topological polar surface area (TPSA) is 70.6 Å². The fraction of sp³-hybridized carbons (Fsp3) is 0.410. The molecule has 4 aliphatic heterocycles. The molecule has 0 aliphatic carbocycles. The molecule has 14 rings (SSSR count). The zero-order valence-corrected chi connectivity index (χ0v) is 60.4. The van der Waals surface area contributed by atoms with Gasteiger partial charge < -0.3 is 23.8 Å². The van der Waals surface area contributed by atoms with Crippen molar-refractivity contribution in [3.8, 4) is 0 Å². The summed E-state index contributed by atoms with van der Waals surface area (Å²) < 4.78 is 6.22. The van der Waals surface area contributed by atoms with Crippen molar-refractivity contribution in [1.82, 2.24) is 33.7 Å². The van der Waals surface area contributed by atoms with E-state index in [1.807, 2.05) is 49.0 Å². The van der Waals surface area contributed by atoms with Gasteiger partial charge in [0, 0.05) is 114 Å². The number of para-hydroxylation sites is 1. The van der Waals surface area contributed by atoms with E-state index in [0.717, 1.165) is 37.1 Å². The van der Waals surface area contributed by atoms with Crippen molar-refractivity contribution in [2.75, 3.05) is 44.5 Å². The number of aromatic nitrogens is 5. The van der Waals surface area contributed by atoms with Gasteiger partial charge in [0.2, 0.25) is 0 Å². The Morgan fingerprint density at radius 1 is 0.441 bits per heavy atom. The Bertz CT molecular complexity index is 4080. The number of hydrogen-bond donors (Lipinski definition) is 0. The number of likely N-dealkylation sites (N-methyl/N-ethyl adjacent to an activating group) is 2. The molecule has 0 saturated carbocycles. The fourth-order valence-electron chi connectivity index (χ4n) is 12.6. The predicted molar refractivity (Wildman–Crippen MR) is 398 cm³/mol. The molecule has 3 aromatic heterocycles. The maximum absolute atomic E-state index is 11.6. The number of imidazole rings is 1. The summed E-state index contributed by atoms with van der Waals surface area (Å²) in [6, 6.07) is 50.5. The molecule has 4 aliphatic rings. The minimum atomic E-state index is 0.148. The normalized spacial score (nSPS) is 13.8. The lowest BCUT2D eigenvalue weighted by Crippen LogP contribution is -2.17. The number of nitrogens with zero attached hydrogens (tertiary/aromatic N) is 9. The van der Waals surface area contributed by atoms with Crippen LogP contribution < -0.4 is 9.80 Å². The van der Waals surface area contributed by atoms with Crippen LogP contribution in [0.5, 0.6) is 0 Å². The van der Waals surface area contributed by atoms with Gasteiger partial charge in [-0.25, -0.2) is 4.98 Å². The number of carbonyl (C=O) groups is 1. The number of amides is 1. The van der Waals surface area contributed by atoms with Gasteiger partial charge in [-0.05, 0) is 176 Å². The number of hydrogen-bond acceptors (Lipinski definition) is 6. The quantitative estimate of drug-likeness (QED) is 0.158. The third-order valence-electron chi connectivity index (χ3n) is 18.9. The molecule has 492 valence electrons.